The molecule has 0 saturated carbocycles. The molecule has 0 radical (unpaired) electrons. The summed E-state index contributed by atoms with van der Waals surface area (Å²) < 4.78 is 5.97. The molecule has 1 heterocycles. The largest absolute Gasteiger partial charge is 0.489 e. The van der Waals surface area contributed by atoms with E-state index in [1.807, 2.05) is 30.3 Å². The molecule has 0 unspecified atom stereocenters. The van der Waals surface area contributed by atoms with Crippen LogP contribution in [0.1, 0.15) is 11.1 Å². The first kappa shape index (κ1) is 20.1. The van der Waals surface area contributed by atoms with Crippen molar-refractivity contribution in [2.24, 2.45) is 0 Å². The summed E-state index contributed by atoms with van der Waals surface area (Å²) in [6.45, 7) is 3.93. The highest BCUT2D eigenvalue weighted by molar-refractivity contribution is 6.31. The zero-order chi connectivity index (χ0) is 21.8. The predicted molar refractivity (Wildman–Crippen MR) is 118 cm³/mol. The Morgan fingerprint density at radius 3 is 2.58 bits per heavy atom. The number of rotatable bonds is 6. The zero-order valence-corrected chi connectivity index (χ0v) is 16.7. The van der Waals surface area contributed by atoms with E-state index in [0.29, 0.717) is 17.9 Å². The van der Waals surface area contributed by atoms with E-state index < -0.39 is 17.8 Å². The Hall–Kier alpha value is -4.19. The van der Waals surface area contributed by atoms with Gasteiger partial charge in [0.1, 0.15) is 17.9 Å². The zero-order valence-electron chi connectivity index (χ0n) is 16.7. The van der Waals surface area contributed by atoms with Gasteiger partial charge in [-0.05, 0) is 40.1 Å². The molecule has 31 heavy (non-hydrogen) atoms. The SMILES string of the molecule is C=CCN1C(=O)NC(=O)/C(=C/c2cccc(OCc3cccc4ccccc34)c2)C1=O. The lowest BCUT2D eigenvalue weighted by Crippen LogP contribution is -2.54. The maximum absolute atomic E-state index is 12.6. The topological polar surface area (TPSA) is 75.7 Å². The number of ether oxygens (including phenoxy) is 1. The highest BCUT2D eigenvalue weighted by Crippen LogP contribution is 2.22. The Balaban J connectivity index is 1.55. The van der Waals surface area contributed by atoms with Crippen LogP contribution in [-0.2, 0) is 16.2 Å². The molecule has 0 aliphatic carbocycles. The number of hydrogen-bond donors (Lipinski definition) is 1. The fourth-order valence-electron chi connectivity index (χ4n) is 3.43. The van der Waals surface area contributed by atoms with Crippen LogP contribution in [0.3, 0.4) is 0 Å². The minimum Gasteiger partial charge on any atom is -0.489 e. The molecule has 6 heteroatoms. The Bertz CT molecular complexity index is 1220. The van der Waals surface area contributed by atoms with Crippen LogP contribution in [0.15, 0.2) is 85.0 Å². The van der Waals surface area contributed by atoms with Gasteiger partial charge >= 0.3 is 6.03 Å². The van der Waals surface area contributed by atoms with Crippen LogP contribution in [0.25, 0.3) is 16.8 Å². The molecular formula is C25H20N2O4. The lowest BCUT2D eigenvalue weighted by molar-refractivity contribution is -0.129. The van der Waals surface area contributed by atoms with Gasteiger partial charge in [-0.25, -0.2) is 4.79 Å². The van der Waals surface area contributed by atoms with Crippen molar-refractivity contribution in [1.29, 1.82) is 0 Å². The number of carbonyl (C=O) groups excluding carboxylic acids is 3. The molecule has 0 atom stereocenters. The second kappa shape index (κ2) is 8.67. The first-order valence-corrected chi connectivity index (χ1v) is 9.76. The molecule has 0 bridgehead atoms. The van der Waals surface area contributed by atoms with Crippen molar-refractivity contribution in [3.8, 4) is 5.75 Å². The van der Waals surface area contributed by atoms with Gasteiger partial charge in [-0.15, -0.1) is 6.58 Å². The molecule has 3 aromatic carbocycles. The highest BCUT2D eigenvalue weighted by Gasteiger charge is 2.34. The van der Waals surface area contributed by atoms with Gasteiger partial charge in [0.15, 0.2) is 0 Å². The van der Waals surface area contributed by atoms with E-state index in [-0.39, 0.29) is 12.1 Å². The van der Waals surface area contributed by atoms with Crippen LogP contribution < -0.4 is 10.1 Å². The van der Waals surface area contributed by atoms with Crippen molar-refractivity contribution in [2.45, 2.75) is 6.61 Å². The van der Waals surface area contributed by atoms with Gasteiger partial charge in [0.25, 0.3) is 11.8 Å². The number of fused-ring (bicyclic) bond motifs is 1. The molecule has 0 aromatic heterocycles. The second-order valence-corrected chi connectivity index (χ2v) is 7.02. The molecule has 1 aliphatic heterocycles. The van der Waals surface area contributed by atoms with E-state index in [4.69, 9.17) is 4.74 Å². The first-order valence-electron chi connectivity index (χ1n) is 9.76. The van der Waals surface area contributed by atoms with Gasteiger partial charge in [0.2, 0.25) is 0 Å². The quantitative estimate of drug-likeness (QED) is 0.376. The maximum atomic E-state index is 12.6. The predicted octanol–water partition coefficient (Wildman–Crippen LogP) is 4.07. The molecule has 1 aliphatic rings. The molecular weight excluding hydrogens is 392 g/mol. The summed E-state index contributed by atoms with van der Waals surface area (Å²) >= 11 is 0. The third-order valence-electron chi connectivity index (χ3n) is 4.94. The number of barbiturate groups is 1. The van der Waals surface area contributed by atoms with E-state index in [0.717, 1.165) is 21.2 Å². The lowest BCUT2D eigenvalue weighted by atomic mass is 10.1. The normalized spacial score (nSPS) is 15.3. The highest BCUT2D eigenvalue weighted by atomic mass is 16.5. The van der Waals surface area contributed by atoms with Crippen molar-refractivity contribution in [2.75, 3.05) is 6.54 Å². The number of nitrogens with one attached hydrogen (secondary N) is 1. The molecule has 1 saturated heterocycles. The van der Waals surface area contributed by atoms with Gasteiger partial charge in [0, 0.05) is 6.54 Å². The monoisotopic (exact) mass is 412 g/mol. The van der Waals surface area contributed by atoms with E-state index in [1.54, 1.807) is 18.2 Å². The molecule has 1 fully saturated rings. The molecule has 154 valence electrons. The minimum atomic E-state index is -0.751. The van der Waals surface area contributed by atoms with Crippen molar-refractivity contribution >= 4 is 34.7 Å². The molecule has 1 N–H and O–H groups in total. The number of benzene rings is 3. The van der Waals surface area contributed by atoms with Gasteiger partial charge in [-0.1, -0.05) is 60.7 Å². The smallest absolute Gasteiger partial charge is 0.331 e. The Morgan fingerprint density at radius 1 is 0.968 bits per heavy atom. The number of amides is 4. The third-order valence-corrected chi connectivity index (χ3v) is 4.94. The fraction of sp³-hybridized carbons (Fsp3) is 0.0800. The lowest BCUT2D eigenvalue weighted by Gasteiger charge is -2.25. The van der Waals surface area contributed by atoms with Crippen LogP contribution in [0, 0.1) is 0 Å². The van der Waals surface area contributed by atoms with E-state index in [1.165, 1.54) is 12.2 Å². The number of imide groups is 2. The van der Waals surface area contributed by atoms with Crippen LogP contribution in [-0.4, -0.2) is 29.3 Å². The number of hydrogen-bond acceptors (Lipinski definition) is 4. The number of nitrogens with zero attached hydrogens (tertiary/aromatic N) is 1. The minimum absolute atomic E-state index is 0.0173. The summed E-state index contributed by atoms with van der Waals surface area (Å²) in [5.41, 5.74) is 1.55. The van der Waals surface area contributed by atoms with E-state index in [9.17, 15) is 14.4 Å². The van der Waals surface area contributed by atoms with Crippen molar-refractivity contribution in [3.05, 3.63) is 96.1 Å². The first-order chi connectivity index (χ1) is 15.1. The van der Waals surface area contributed by atoms with Gasteiger partial charge in [0.05, 0.1) is 0 Å². The number of carbonyl (C=O) groups is 3. The Kier molecular flexibility index (Phi) is 5.62. The molecule has 6 nitrogen and oxygen atoms in total. The van der Waals surface area contributed by atoms with Gasteiger partial charge < -0.3 is 4.74 Å². The van der Waals surface area contributed by atoms with Gasteiger partial charge in [-0.2, -0.15) is 0 Å². The summed E-state index contributed by atoms with van der Waals surface area (Å²) in [6.07, 6.45) is 2.87. The molecule has 3 aromatic rings. The molecule has 4 amide bonds. The number of urea groups is 1. The summed E-state index contributed by atoms with van der Waals surface area (Å²) in [5.74, 6) is -0.780. The second-order valence-electron chi connectivity index (χ2n) is 7.02. The van der Waals surface area contributed by atoms with Gasteiger partial charge in [-0.3, -0.25) is 19.8 Å². The fourth-order valence-corrected chi connectivity index (χ4v) is 3.43. The van der Waals surface area contributed by atoms with E-state index >= 15 is 0 Å². The van der Waals surface area contributed by atoms with Crippen LogP contribution in [0.4, 0.5) is 4.79 Å². The average Bonchev–Trinajstić information content (AvgIpc) is 2.78. The standard InChI is InChI=1S/C25H20N2O4/c1-2-13-27-24(29)22(23(28)26-25(27)30)15-17-7-5-11-20(14-17)31-16-19-10-6-9-18-8-3-4-12-21(18)19/h2-12,14-15H,1,13,16H2,(H,26,28,30)/b22-15-. The van der Waals surface area contributed by atoms with Crippen molar-refractivity contribution in [3.63, 3.8) is 0 Å². The summed E-state index contributed by atoms with van der Waals surface area (Å²) in [4.78, 5) is 37.5. The molecule has 0 spiro atoms. The van der Waals surface area contributed by atoms with Crippen LogP contribution in [0.2, 0.25) is 0 Å². The summed E-state index contributed by atoms with van der Waals surface area (Å²) in [7, 11) is 0. The maximum Gasteiger partial charge on any atom is 0.331 e. The summed E-state index contributed by atoms with van der Waals surface area (Å²) in [6, 6.07) is 20.5. The summed E-state index contributed by atoms with van der Waals surface area (Å²) in [5, 5.41) is 4.44. The van der Waals surface area contributed by atoms with Crippen LogP contribution >= 0.6 is 0 Å². The average molecular weight is 412 g/mol. The third kappa shape index (κ3) is 4.23. The Labute approximate surface area is 179 Å². The van der Waals surface area contributed by atoms with E-state index in [2.05, 4.69) is 30.1 Å². The van der Waals surface area contributed by atoms with Crippen LogP contribution in [0.5, 0.6) is 5.75 Å². The molecule has 4 rings (SSSR count). The van der Waals surface area contributed by atoms with Crippen molar-refractivity contribution in [1.82, 2.24) is 10.2 Å². The van der Waals surface area contributed by atoms with Crippen molar-refractivity contribution < 1.29 is 19.1 Å². The Morgan fingerprint density at radius 2 is 1.74 bits per heavy atom.